The molecule has 0 aliphatic carbocycles. The smallest absolute Gasteiger partial charge is 0.344 e. The van der Waals surface area contributed by atoms with E-state index >= 15 is 0 Å². The van der Waals surface area contributed by atoms with Gasteiger partial charge in [0.1, 0.15) is 18.2 Å². The molecule has 0 saturated heterocycles. The molecule has 0 atom stereocenters. The third kappa shape index (κ3) is 3.80. The number of carbonyl (C=O) groups is 1. The summed E-state index contributed by atoms with van der Waals surface area (Å²) < 4.78 is 24.4. The lowest BCUT2D eigenvalue weighted by molar-refractivity contribution is -0.147. The fraction of sp³-hybridized carbons (Fsp3) is 0.118. The highest BCUT2D eigenvalue weighted by Crippen LogP contribution is 2.35. The van der Waals surface area contributed by atoms with Crippen molar-refractivity contribution in [1.82, 2.24) is 0 Å². The van der Waals surface area contributed by atoms with Crippen molar-refractivity contribution < 1.29 is 18.7 Å². The molecule has 0 bridgehead atoms. The number of esters is 1. The second kappa shape index (κ2) is 7.38. The van der Waals surface area contributed by atoms with Gasteiger partial charge in [0.2, 0.25) is 0 Å². The average molecular weight is 385 g/mol. The Balaban J connectivity index is 1.58. The van der Waals surface area contributed by atoms with Crippen molar-refractivity contribution in [3.05, 3.63) is 63.2 Å². The zero-order valence-electron chi connectivity index (χ0n) is 12.2. The van der Waals surface area contributed by atoms with Crippen LogP contribution in [0.4, 0.5) is 4.39 Å². The van der Waals surface area contributed by atoms with Gasteiger partial charge in [0, 0.05) is 10.1 Å². The van der Waals surface area contributed by atoms with Gasteiger partial charge >= 0.3 is 5.97 Å². The van der Waals surface area contributed by atoms with Crippen LogP contribution in [0.1, 0.15) is 4.88 Å². The highest BCUT2D eigenvalue weighted by atomic mass is 35.5. The fourth-order valence-electron chi connectivity index (χ4n) is 2.07. The predicted octanol–water partition coefficient (Wildman–Crippen LogP) is 5.47. The quantitative estimate of drug-likeness (QED) is 0.547. The number of carbonyl (C=O) groups excluding carboxylic acids is 1. The summed E-state index contributed by atoms with van der Waals surface area (Å²) >= 11 is 13.6. The molecule has 0 amide bonds. The van der Waals surface area contributed by atoms with Crippen LogP contribution in [0.15, 0.2) is 42.5 Å². The lowest BCUT2D eigenvalue weighted by atomic mass is 10.2. The van der Waals surface area contributed by atoms with E-state index in [1.165, 1.54) is 23.5 Å². The molecule has 1 aromatic heterocycles. The molecule has 3 aromatic rings. The first-order chi connectivity index (χ1) is 11.5. The highest BCUT2D eigenvalue weighted by molar-refractivity contribution is 7.19. The molecule has 1 heterocycles. The molecule has 0 aliphatic rings. The number of thiophene rings is 1. The Labute approximate surface area is 151 Å². The van der Waals surface area contributed by atoms with E-state index in [0.717, 1.165) is 21.0 Å². The van der Waals surface area contributed by atoms with Crippen LogP contribution in [-0.2, 0) is 16.1 Å². The second-order valence-electron chi connectivity index (χ2n) is 4.86. The van der Waals surface area contributed by atoms with E-state index in [1.54, 1.807) is 0 Å². The molecule has 0 unspecified atom stereocenters. The van der Waals surface area contributed by atoms with Crippen molar-refractivity contribution in [3.63, 3.8) is 0 Å². The van der Waals surface area contributed by atoms with E-state index in [4.69, 9.17) is 32.7 Å². The van der Waals surface area contributed by atoms with Gasteiger partial charge in [0.25, 0.3) is 0 Å². The van der Waals surface area contributed by atoms with Gasteiger partial charge in [-0.25, -0.2) is 9.18 Å². The number of ether oxygens (including phenoxy) is 2. The number of hydrogen-bond donors (Lipinski definition) is 0. The molecule has 0 aliphatic heterocycles. The topological polar surface area (TPSA) is 35.5 Å². The van der Waals surface area contributed by atoms with Gasteiger partial charge in [-0.15, -0.1) is 11.3 Å². The highest BCUT2D eigenvalue weighted by Gasteiger charge is 2.13. The Hall–Kier alpha value is -1.82. The molecule has 0 saturated carbocycles. The minimum Gasteiger partial charge on any atom is -0.480 e. The van der Waals surface area contributed by atoms with E-state index in [0.29, 0.717) is 5.02 Å². The van der Waals surface area contributed by atoms with Crippen LogP contribution in [0.3, 0.4) is 0 Å². The molecule has 3 nitrogen and oxygen atoms in total. The van der Waals surface area contributed by atoms with Crippen LogP contribution in [-0.4, -0.2) is 12.6 Å². The zero-order valence-corrected chi connectivity index (χ0v) is 14.6. The van der Waals surface area contributed by atoms with E-state index in [2.05, 4.69) is 0 Å². The molecule has 7 heteroatoms. The molecule has 3 rings (SSSR count). The van der Waals surface area contributed by atoms with Crippen molar-refractivity contribution in [1.29, 1.82) is 0 Å². The Morgan fingerprint density at radius 1 is 1.17 bits per heavy atom. The lowest BCUT2D eigenvalue weighted by Crippen LogP contribution is -2.14. The Morgan fingerprint density at radius 3 is 2.71 bits per heavy atom. The van der Waals surface area contributed by atoms with Crippen LogP contribution < -0.4 is 4.74 Å². The van der Waals surface area contributed by atoms with Crippen LogP contribution in [0.5, 0.6) is 5.75 Å². The summed E-state index contributed by atoms with van der Waals surface area (Å²) in [5, 5.41) is 1.62. The molecule has 0 radical (unpaired) electrons. The Kier molecular flexibility index (Phi) is 5.23. The first-order valence-corrected chi connectivity index (χ1v) is 8.51. The third-order valence-electron chi connectivity index (χ3n) is 3.21. The maximum atomic E-state index is 12.9. The van der Waals surface area contributed by atoms with Gasteiger partial charge in [-0.1, -0.05) is 41.4 Å². The van der Waals surface area contributed by atoms with E-state index in [1.807, 2.05) is 24.3 Å². The summed E-state index contributed by atoms with van der Waals surface area (Å²) in [6.45, 7) is -0.259. The molecule has 0 spiro atoms. The minimum atomic E-state index is -0.566. The molecule has 0 N–H and O–H groups in total. The molecule has 2 aromatic carbocycles. The fourth-order valence-corrected chi connectivity index (χ4v) is 3.70. The third-order valence-corrected chi connectivity index (χ3v) is 5.19. The number of halogens is 3. The predicted molar refractivity (Wildman–Crippen MR) is 93.5 cm³/mol. The number of hydrogen-bond acceptors (Lipinski definition) is 4. The normalized spacial score (nSPS) is 10.8. The van der Waals surface area contributed by atoms with E-state index in [9.17, 15) is 9.18 Å². The van der Waals surface area contributed by atoms with Gasteiger partial charge in [-0.05, 0) is 24.3 Å². The first-order valence-electron chi connectivity index (χ1n) is 6.94. The summed E-state index contributed by atoms with van der Waals surface area (Å²) in [6, 6.07) is 11.4. The van der Waals surface area contributed by atoms with E-state index in [-0.39, 0.29) is 24.0 Å². The molecule has 0 fully saturated rings. The SMILES string of the molecule is O=C(COc1ccc(F)cc1Cl)OCc1sc2ccccc2c1Cl. The Morgan fingerprint density at radius 2 is 1.96 bits per heavy atom. The second-order valence-corrected chi connectivity index (χ2v) is 6.78. The van der Waals surface area contributed by atoms with E-state index < -0.39 is 11.8 Å². The van der Waals surface area contributed by atoms with Crippen LogP contribution in [0.25, 0.3) is 10.1 Å². The van der Waals surface area contributed by atoms with Crippen molar-refractivity contribution in [2.45, 2.75) is 6.61 Å². The zero-order chi connectivity index (χ0) is 17.1. The molecular weight excluding hydrogens is 374 g/mol. The minimum absolute atomic E-state index is 0.0670. The molecule has 124 valence electrons. The maximum absolute atomic E-state index is 12.9. The number of rotatable bonds is 5. The monoisotopic (exact) mass is 384 g/mol. The maximum Gasteiger partial charge on any atom is 0.344 e. The Bertz CT molecular complexity index is 895. The van der Waals surface area contributed by atoms with Gasteiger partial charge in [0.05, 0.1) is 14.9 Å². The van der Waals surface area contributed by atoms with Crippen LogP contribution in [0.2, 0.25) is 10.0 Å². The van der Waals surface area contributed by atoms with Crippen LogP contribution in [0, 0.1) is 5.82 Å². The standard InChI is InChI=1S/C17H11Cl2FO3S/c18-12-7-10(20)5-6-13(12)22-9-16(21)23-8-15-17(19)11-3-1-2-4-14(11)24-15/h1-7H,8-9H2. The van der Waals surface area contributed by atoms with Crippen LogP contribution >= 0.6 is 34.5 Å². The summed E-state index contributed by atoms with van der Waals surface area (Å²) in [7, 11) is 0. The largest absolute Gasteiger partial charge is 0.480 e. The lowest BCUT2D eigenvalue weighted by Gasteiger charge is -2.08. The van der Waals surface area contributed by atoms with Gasteiger partial charge in [-0.2, -0.15) is 0 Å². The number of benzene rings is 2. The van der Waals surface area contributed by atoms with Crippen molar-refractivity contribution in [3.8, 4) is 5.75 Å². The summed E-state index contributed by atoms with van der Waals surface area (Å²) in [5.41, 5.74) is 0. The summed E-state index contributed by atoms with van der Waals surface area (Å²) in [4.78, 5) is 12.6. The number of fused-ring (bicyclic) bond motifs is 1. The first kappa shape index (κ1) is 17.0. The van der Waals surface area contributed by atoms with Crippen molar-refractivity contribution in [2.24, 2.45) is 0 Å². The van der Waals surface area contributed by atoms with Gasteiger partial charge < -0.3 is 9.47 Å². The molecule has 24 heavy (non-hydrogen) atoms. The summed E-state index contributed by atoms with van der Waals surface area (Å²) in [6.07, 6.45) is 0. The summed E-state index contributed by atoms with van der Waals surface area (Å²) in [5.74, 6) is -0.826. The molecular formula is C17H11Cl2FO3S. The van der Waals surface area contributed by atoms with Crippen molar-refractivity contribution >= 4 is 50.6 Å². The van der Waals surface area contributed by atoms with Gasteiger partial charge in [-0.3, -0.25) is 0 Å². The average Bonchev–Trinajstić information content (AvgIpc) is 2.89. The van der Waals surface area contributed by atoms with Crippen molar-refractivity contribution in [2.75, 3.05) is 6.61 Å². The van der Waals surface area contributed by atoms with Gasteiger partial charge in [0.15, 0.2) is 6.61 Å².